The molecule has 21 heavy (non-hydrogen) atoms. The van der Waals surface area contributed by atoms with Crippen LogP contribution < -0.4 is 4.74 Å². The van der Waals surface area contributed by atoms with Crippen LogP contribution in [-0.4, -0.2) is 30.4 Å². The number of ether oxygens (including phenoxy) is 2. The average Bonchev–Trinajstić information content (AvgIpc) is 2.46. The second-order valence-electron chi connectivity index (χ2n) is 5.73. The lowest BCUT2D eigenvalue weighted by molar-refractivity contribution is -0.136. The summed E-state index contributed by atoms with van der Waals surface area (Å²) >= 11 is 0. The van der Waals surface area contributed by atoms with Gasteiger partial charge in [-0.15, -0.1) is 0 Å². The number of carboxylic acids is 1. The van der Waals surface area contributed by atoms with Crippen molar-refractivity contribution >= 4 is 5.97 Å². The number of hydrogen-bond donors (Lipinski definition) is 1. The third kappa shape index (κ3) is 5.38. The number of rotatable bonds is 7. The summed E-state index contributed by atoms with van der Waals surface area (Å²) in [5, 5.41) is 8.71. The van der Waals surface area contributed by atoms with Crippen molar-refractivity contribution in [2.45, 2.75) is 45.1 Å². The molecule has 4 heteroatoms. The van der Waals surface area contributed by atoms with Gasteiger partial charge in [-0.3, -0.25) is 4.79 Å². The van der Waals surface area contributed by atoms with Gasteiger partial charge in [-0.2, -0.15) is 0 Å². The third-order valence-corrected chi connectivity index (χ3v) is 4.00. The van der Waals surface area contributed by atoms with Crippen LogP contribution in [0.15, 0.2) is 24.3 Å². The molecule has 1 N–H and O–H groups in total. The van der Waals surface area contributed by atoms with E-state index in [2.05, 4.69) is 6.92 Å². The minimum Gasteiger partial charge on any atom is -0.491 e. The number of aliphatic carboxylic acids is 1. The molecular weight excluding hydrogens is 268 g/mol. The molecule has 1 saturated carbocycles. The first-order chi connectivity index (χ1) is 10.1. The first kappa shape index (κ1) is 15.8. The van der Waals surface area contributed by atoms with Gasteiger partial charge in [-0.05, 0) is 36.5 Å². The maximum atomic E-state index is 10.6. The van der Waals surface area contributed by atoms with Gasteiger partial charge in [-0.25, -0.2) is 0 Å². The molecule has 2 rings (SSSR count). The van der Waals surface area contributed by atoms with Crippen LogP contribution in [0.25, 0.3) is 0 Å². The summed E-state index contributed by atoms with van der Waals surface area (Å²) in [6.07, 6.45) is 5.42. The van der Waals surface area contributed by atoms with Crippen molar-refractivity contribution in [2.24, 2.45) is 5.92 Å². The van der Waals surface area contributed by atoms with E-state index in [1.807, 2.05) is 12.1 Å². The summed E-state index contributed by atoms with van der Waals surface area (Å²) in [5.74, 6) is 0.581. The van der Waals surface area contributed by atoms with Crippen molar-refractivity contribution in [2.75, 3.05) is 13.2 Å². The van der Waals surface area contributed by atoms with E-state index in [1.54, 1.807) is 12.1 Å². The summed E-state index contributed by atoms with van der Waals surface area (Å²) in [6, 6.07) is 7.18. The zero-order valence-electron chi connectivity index (χ0n) is 12.6. The van der Waals surface area contributed by atoms with E-state index < -0.39 is 5.97 Å². The first-order valence-corrected chi connectivity index (χ1v) is 7.70. The Balaban J connectivity index is 1.67. The van der Waals surface area contributed by atoms with E-state index >= 15 is 0 Å². The van der Waals surface area contributed by atoms with Crippen molar-refractivity contribution in [3.05, 3.63) is 29.8 Å². The molecule has 0 bridgehead atoms. The van der Waals surface area contributed by atoms with E-state index in [0.29, 0.717) is 25.2 Å². The fraction of sp³-hybridized carbons (Fsp3) is 0.588. The van der Waals surface area contributed by atoms with E-state index in [0.717, 1.165) is 17.7 Å². The standard InChI is InChI=1S/C17H24O4/c1-13-4-2-3-5-16(13)21-11-10-20-15-8-6-14(7-9-15)12-17(18)19/h6-9,13,16H,2-5,10-12H2,1H3,(H,18,19). The van der Waals surface area contributed by atoms with Gasteiger partial charge in [0.05, 0.1) is 19.1 Å². The number of benzene rings is 1. The molecule has 1 aliphatic rings. The van der Waals surface area contributed by atoms with Crippen molar-refractivity contribution in [1.29, 1.82) is 0 Å². The molecule has 0 heterocycles. The molecule has 0 spiro atoms. The van der Waals surface area contributed by atoms with Gasteiger partial charge >= 0.3 is 5.97 Å². The summed E-state index contributed by atoms with van der Waals surface area (Å²) in [4.78, 5) is 10.6. The molecule has 0 saturated heterocycles. The van der Waals surface area contributed by atoms with Crippen LogP contribution in [0.3, 0.4) is 0 Å². The van der Waals surface area contributed by atoms with Gasteiger partial charge in [0.2, 0.25) is 0 Å². The lowest BCUT2D eigenvalue weighted by atomic mass is 9.88. The predicted molar refractivity (Wildman–Crippen MR) is 80.6 cm³/mol. The van der Waals surface area contributed by atoms with Crippen LogP contribution in [0.2, 0.25) is 0 Å². The van der Waals surface area contributed by atoms with Crippen molar-refractivity contribution in [3.63, 3.8) is 0 Å². The maximum absolute atomic E-state index is 10.6. The van der Waals surface area contributed by atoms with Crippen molar-refractivity contribution in [3.8, 4) is 5.75 Å². The van der Waals surface area contributed by atoms with Crippen LogP contribution in [0.4, 0.5) is 0 Å². The minimum atomic E-state index is -0.821. The van der Waals surface area contributed by atoms with Crippen LogP contribution in [-0.2, 0) is 16.0 Å². The SMILES string of the molecule is CC1CCCCC1OCCOc1ccc(CC(=O)O)cc1. The normalized spacial score (nSPS) is 22.0. The highest BCUT2D eigenvalue weighted by atomic mass is 16.5. The van der Waals surface area contributed by atoms with Crippen molar-refractivity contribution in [1.82, 2.24) is 0 Å². The maximum Gasteiger partial charge on any atom is 0.307 e. The molecule has 2 unspecified atom stereocenters. The van der Waals surface area contributed by atoms with Gasteiger partial charge in [0.15, 0.2) is 0 Å². The smallest absolute Gasteiger partial charge is 0.307 e. The molecule has 1 aromatic carbocycles. The lowest BCUT2D eigenvalue weighted by Crippen LogP contribution is -2.27. The van der Waals surface area contributed by atoms with Crippen LogP contribution in [0.5, 0.6) is 5.75 Å². The first-order valence-electron chi connectivity index (χ1n) is 7.70. The van der Waals surface area contributed by atoms with Crippen LogP contribution >= 0.6 is 0 Å². The molecule has 0 amide bonds. The molecule has 4 nitrogen and oxygen atoms in total. The zero-order valence-corrected chi connectivity index (χ0v) is 12.6. The summed E-state index contributed by atoms with van der Waals surface area (Å²) in [7, 11) is 0. The molecule has 0 aromatic heterocycles. The Bertz CT molecular complexity index is 441. The Kier molecular flexibility index (Phi) is 6.05. The predicted octanol–water partition coefficient (Wildman–Crippen LogP) is 3.29. The Labute approximate surface area is 126 Å². The third-order valence-electron chi connectivity index (χ3n) is 4.00. The fourth-order valence-electron chi connectivity index (χ4n) is 2.77. The lowest BCUT2D eigenvalue weighted by Gasteiger charge is -2.28. The molecule has 1 aliphatic carbocycles. The van der Waals surface area contributed by atoms with Crippen LogP contribution in [0, 0.1) is 5.92 Å². The molecule has 2 atom stereocenters. The van der Waals surface area contributed by atoms with Gasteiger partial charge < -0.3 is 14.6 Å². The highest BCUT2D eigenvalue weighted by molar-refractivity contribution is 5.70. The van der Waals surface area contributed by atoms with Crippen LogP contribution in [0.1, 0.15) is 38.2 Å². The number of hydrogen-bond acceptors (Lipinski definition) is 3. The molecule has 1 fully saturated rings. The second-order valence-corrected chi connectivity index (χ2v) is 5.73. The molecule has 1 aromatic rings. The number of carboxylic acid groups (broad SMARTS) is 1. The van der Waals surface area contributed by atoms with E-state index in [9.17, 15) is 4.79 Å². The summed E-state index contributed by atoms with van der Waals surface area (Å²) < 4.78 is 11.5. The molecule has 0 aliphatic heterocycles. The summed E-state index contributed by atoms with van der Waals surface area (Å²) in [5.41, 5.74) is 0.780. The Morgan fingerprint density at radius 1 is 1.19 bits per heavy atom. The van der Waals surface area contributed by atoms with Gasteiger partial charge in [0.1, 0.15) is 12.4 Å². The zero-order chi connectivity index (χ0) is 15.1. The second kappa shape index (κ2) is 8.03. The van der Waals surface area contributed by atoms with E-state index in [1.165, 1.54) is 19.3 Å². The highest BCUT2D eigenvalue weighted by Crippen LogP contribution is 2.26. The highest BCUT2D eigenvalue weighted by Gasteiger charge is 2.21. The van der Waals surface area contributed by atoms with Gasteiger partial charge in [0.25, 0.3) is 0 Å². The Morgan fingerprint density at radius 3 is 2.57 bits per heavy atom. The van der Waals surface area contributed by atoms with E-state index in [-0.39, 0.29) is 6.42 Å². The quantitative estimate of drug-likeness (QED) is 0.784. The van der Waals surface area contributed by atoms with Gasteiger partial charge in [-0.1, -0.05) is 31.9 Å². The van der Waals surface area contributed by atoms with Crippen molar-refractivity contribution < 1.29 is 19.4 Å². The molecule has 116 valence electrons. The topological polar surface area (TPSA) is 55.8 Å². The van der Waals surface area contributed by atoms with E-state index in [4.69, 9.17) is 14.6 Å². The molecular formula is C17H24O4. The largest absolute Gasteiger partial charge is 0.491 e. The Morgan fingerprint density at radius 2 is 1.90 bits per heavy atom. The molecule has 0 radical (unpaired) electrons. The number of carbonyl (C=O) groups is 1. The summed E-state index contributed by atoms with van der Waals surface area (Å²) in [6.45, 7) is 3.39. The fourth-order valence-corrected chi connectivity index (χ4v) is 2.77. The Hall–Kier alpha value is -1.55. The average molecular weight is 292 g/mol. The minimum absolute atomic E-state index is 0.0446. The van der Waals surface area contributed by atoms with Gasteiger partial charge in [0, 0.05) is 0 Å². The monoisotopic (exact) mass is 292 g/mol.